The topological polar surface area (TPSA) is 106 Å². The summed E-state index contributed by atoms with van der Waals surface area (Å²) in [7, 11) is -0.880. The molecule has 0 aliphatic carbocycles. The summed E-state index contributed by atoms with van der Waals surface area (Å²) in [5.74, 6) is -0.696. The highest BCUT2D eigenvalue weighted by molar-refractivity contribution is 7.89. The monoisotopic (exact) mass is 380 g/mol. The molecule has 0 saturated carbocycles. The first-order valence-electron chi connectivity index (χ1n) is 7.71. The molecule has 0 aliphatic rings. The minimum absolute atomic E-state index is 0.0256. The molecule has 0 spiro atoms. The number of carbonyl (C=O) groups is 2. The molecule has 8 nitrogen and oxygen atoms in total. The van der Waals surface area contributed by atoms with Crippen LogP contribution in [0.3, 0.4) is 0 Å². The number of carbonyl (C=O) groups excluding carboxylic acids is 2. The Balaban J connectivity index is 2.01. The van der Waals surface area contributed by atoms with E-state index in [0.29, 0.717) is 11.3 Å². The number of hydrogen-bond acceptors (Lipinski definition) is 6. The predicted octanol–water partition coefficient (Wildman–Crippen LogP) is 1.31. The van der Waals surface area contributed by atoms with Crippen molar-refractivity contribution in [1.82, 2.24) is 9.62 Å². The van der Waals surface area contributed by atoms with Crippen molar-refractivity contribution in [3.63, 3.8) is 0 Å². The lowest BCUT2D eigenvalue weighted by atomic mass is 10.1. The Morgan fingerprint density at radius 2 is 1.96 bits per heavy atom. The number of ether oxygens (including phenoxy) is 1. The Kier molecular flexibility index (Phi) is 6.17. The van der Waals surface area contributed by atoms with Gasteiger partial charge in [0.15, 0.2) is 6.61 Å². The number of furan rings is 1. The van der Waals surface area contributed by atoms with Crippen LogP contribution in [-0.2, 0) is 26.1 Å². The minimum Gasteiger partial charge on any atom is -0.467 e. The Morgan fingerprint density at radius 1 is 1.23 bits per heavy atom. The van der Waals surface area contributed by atoms with Crippen LogP contribution in [-0.4, -0.2) is 45.3 Å². The molecule has 0 saturated heterocycles. The summed E-state index contributed by atoms with van der Waals surface area (Å²) in [6.45, 7) is 1.35. The van der Waals surface area contributed by atoms with E-state index in [1.807, 2.05) is 0 Å². The van der Waals surface area contributed by atoms with Crippen molar-refractivity contribution in [3.8, 4) is 0 Å². The Morgan fingerprint density at radius 3 is 2.58 bits per heavy atom. The summed E-state index contributed by atoms with van der Waals surface area (Å²) < 4.78 is 35.5. The van der Waals surface area contributed by atoms with Crippen LogP contribution < -0.4 is 5.32 Å². The molecule has 2 rings (SSSR count). The molecule has 0 bridgehead atoms. The summed E-state index contributed by atoms with van der Waals surface area (Å²) in [6.07, 6.45) is 1.49. The number of nitrogens with one attached hydrogen (secondary N) is 1. The van der Waals surface area contributed by atoms with Gasteiger partial charge >= 0.3 is 5.97 Å². The van der Waals surface area contributed by atoms with Gasteiger partial charge in [-0.1, -0.05) is 6.07 Å². The van der Waals surface area contributed by atoms with Gasteiger partial charge in [-0.05, 0) is 36.8 Å². The van der Waals surface area contributed by atoms with Gasteiger partial charge in [-0.25, -0.2) is 17.5 Å². The van der Waals surface area contributed by atoms with Crippen LogP contribution in [0.5, 0.6) is 0 Å². The number of rotatable bonds is 7. The molecule has 1 aromatic heterocycles. The molecule has 9 heteroatoms. The zero-order valence-electron chi connectivity index (χ0n) is 14.7. The molecule has 26 heavy (non-hydrogen) atoms. The normalized spacial score (nSPS) is 11.4. The minimum atomic E-state index is -3.68. The Labute approximate surface area is 151 Å². The first kappa shape index (κ1) is 19.7. The van der Waals surface area contributed by atoms with Crippen LogP contribution in [0.2, 0.25) is 0 Å². The first-order valence-corrected chi connectivity index (χ1v) is 9.15. The van der Waals surface area contributed by atoms with Crippen LogP contribution in [0.4, 0.5) is 0 Å². The van der Waals surface area contributed by atoms with Gasteiger partial charge in [0, 0.05) is 14.1 Å². The van der Waals surface area contributed by atoms with Crippen LogP contribution in [0.15, 0.2) is 45.9 Å². The molecule has 1 heterocycles. The maximum Gasteiger partial charge on any atom is 0.338 e. The van der Waals surface area contributed by atoms with Crippen LogP contribution >= 0.6 is 0 Å². The lowest BCUT2D eigenvalue weighted by Gasteiger charge is -2.13. The summed E-state index contributed by atoms with van der Waals surface area (Å²) in [5, 5.41) is 2.54. The summed E-state index contributed by atoms with van der Waals surface area (Å²) in [5.41, 5.74) is 0.635. The van der Waals surface area contributed by atoms with E-state index in [1.165, 1.54) is 38.6 Å². The highest BCUT2D eigenvalue weighted by Gasteiger charge is 2.21. The number of esters is 1. The van der Waals surface area contributed by atoms with Gasteiger partial charge in [-0.15, -0.1) is 0 Å². The predicted molar refractivity (Wildman–Crippen MR) is 92.9 cm³/mol. The summed E-state index contributed by atoms with van der Waals surface area (Å²) in [6, 6.07) is 7.57. The van der Waals surface area contributed by atoms with Crippen molar-refractivity contribution in [3.05, 3.63) is 53.5 Å². The van der Waals surface area contributed by atoms with E-state index >= 15 is 0 Å². The highest BCUT2D eigenvalue weighted by Crippen LogP contribution is 2.18. The quantitative estimate of drug-likeness (QED) is 0.726. The van der Waals surface area contributed by atoms with Gasteiger partial charge in [0.2, 0.25) is 10.0 Å². The molecule has 1 N–H and O–H groups in total. The number of nitrogens with zero attached hydrogens (tertiary/aromatic N) is 1. The summed E-state index contributed by atoms with van der Waals surface area (Å²) in [4.78, 5) is 23.9. The van der Waals surface area contributed by atoms with E-state index in [4.69, 9.17) is 9.15 Å². The van der Waals surface area contributed by atoms with Gasteiger partial charge in [-0.2, -0.15) is 0 Å². The van der Waals surface area contributed by atoms with Gasteiger partial charge in [0.05, 0.1) is 23.3 Å². The second-order valence-corrected chi connectivity index (χ2v) is 7.85. The lowest BCUT2D eigenvalue weighted by molar-refractivity contribution is -0.124. The fraction of sp³-hybridized carbons (Fsp3) is 0.294. The third kappa shape index (κ3) is 4.70. The molecular weight excluding hydrogens is 360 g/mol. The number of benzene rings is 1. The molecule has 0 atom stereocenters. The number of amides is 1. The second-order valence-electron chi connectivity index (χ2n) is 5.70. The maximum absolute atomic E-state index is 12.2. The lowest BCUT2D eigenvalue weighted by Crippen LogP contribution is -2.28. The van der Waals surface area contributed by atoms with E-state index in [-0.39, 0.29) is 17.0 Å². The SMILES string of the molecule is Cc1ccc(S(=O)(=O)N(C)C)cc1C(=O)OCC(=O)NCc1ccco1. The summed E-state index contributed by atoms with van der Waals surface area (Å²) >= 11 is 0. The van der Waals surface area contributed by atoms with Crippen LogP contribution in [0, 0.1) is 6.92 Å². The molecule has 2 aromatic rings. The average molecular weight is 380 g/mol. The molecular formula is C17H20N2O6S. The van der Waals surface area contributed by atoms with E-state index in [0.717, 1.165) is 4.31 Å². The van der Waals surface area contributed by atoms with Gasteiger partial charge < -0.3 is 14.5 Å². The number of sulfonamides is 1. The number of hydrogen-bond donors (Lipinski definition) is 1. The van der Waals surface area contributed by atoms with Crippen molar-refractivity contribution < 1.29 is 27.2 Å². The molecule has 0 radical (unpaired) electrons. The first-order chi connectivity index (χ1) is 12.2. The van der Waals surface area contributed by atoms with Crippen molar-refractivity contribution in [2.45, 2.75) is 18.4 Å². The van der Waals surface area contributed by atoms with E-state index in [1.54, 1.807) is 19.1 Å². The molecule has 140 valence electrons. The smallest absolute Gasteiger partial charge is 0.338 e. The molecule has 0 aliphatic heterocycles. The fourth-order valence-electron chi connectivity index (χ4n) is 2.05. The number of aryl methyl sites for hydroxylation is 1. The molecule has 1 aromatic carbocycles. The average Bonchev–Trinajstić information content (AvgIpc) is 3.11. The highest BCUT2D eigenvalue weighted by atomic mass is 32.2. The fourth-order valence-corrected chi connectivity index (χ4v) is 2.98. The Hall–Kier alpha value is -2.65. The zero-order chi connectivity index (χ0) is 19.3. The standard InChI is InChI=1S/C17H20N2O6S/c1-12-6-7-14(26(22,23)19(2)3)9-15(12)17(21)25-11-16(20)18-10-13-5-4-8-24-13/h4-9H,10-11H2,1-3H3,(H,18,20). The van der Waals surface area contributed by atoms with Crippen LogP contribution in [0.1, 0.15) is 21.7 Å². The third-order valence-corrected chi connectivity index (χ3v) is 5.39. The zero-order valence-corrected chi connectivity index (χ0v) is 15.5. The van der Waals surface area contributed by atoms with E-state index in [9.17, 15) is 18.0 Å². The van der Waals surface area contributed by atoms with Crippen molar-refractivity contribution >= 4 is 21.9 Å². The van der Waals surface area contributed by atoms with E-state index in [2.05, 4.69) is 5.32 Å². The van der Waals surface area contributed by atoms with Crippen molar-refractivity contribution in [2.75, 3.05) is 20.7 Å². The molecule has 0 unspecified atom stereocenters. The van der Waals surface area contributed by atoms with Crippen molar-refractivity contribution in [1.29, 1.82) is 0 Å². The Bertz CT molecular complexity index is 888. The maximum atomic E-state index is 12.2. The van der Waals surface area contributed by atoms with Crippen LogP contribution in [0.25, 0.3) is 0 Å². The van der Waals surface area contributed by atoms with Gasteiger partial charge in [0.1, 0.15) is 5.76 Å². The largest absolute Gasteiger partial charge is 0.467 e. The van der Waals surface area contributed by atoms with Gasteiger partial charge in [0.25, 0.3) is 5.91 Å². The third-order valence-electron chi connectivity index (χ3n) is 3.58. The second kappa shape index (κ2) is 8.15. The van der Waals surface area contributed by atoms with Crippen molar-refractivity contribution in [2.24, 2.45) is 0 Å². The van der Waals surface area contributed by atoms with Gasteiger partial charge in [-0.3, -0.25) is 4.79 Å². The van der Waals surface area contributed by atoms with E-state index < -0.39 is 28.5 Å². The molecule has 0 fully saturated rings. The molecule has 1 amide bonds.